The van der Waals surface area contributed by atoms with Crippen LogP contribution >= 0.6 is 54.8 Å². The van der Waals surface area contributed by atoms with Gasteiger partial charge in [-0.15, -0.1) is 11.3 Å². The molecular weight excluding hydrogens is 405 g/mol. The van der Waals surface area contributed by atoms with Gasteiger partial charge in [0, 0.05) is 7.05 Å². The lowest BCUT2D eigenvalue weighted by molar-refractivity contribution is 0.594. The number of aliphatic imine (C=N–C) groups is 1. The van der Waals surface area contributed by atoms with Crippen molar-refractivity contribution in [3.8, 4) is 0 Å². The van der Waals surface area contributed by atoms with E-state index in [1.54, 1.807) is 0 Å². The Labute approximate surface area is 118 Å². The number of thiophene rings is 1. The Bertz CT molecular complexity index is 540. The maximum Gasteiger partial charge on any atom is 0.274 e. The molecule has 0 saturated carbocycles. The van der Waals surface area contributed by atoms with Gasteiger partial charge < -0.3 is 5.73 Å². The van der Waals surface area contributed by atoms with E-state index < -0.39 is 10.0 Å². The zero-order valence-electron chi connectivity index (χ0n) is 7.79. The lowest BCUT2D eigenvalue weighted by atomic mass is 10.7. The Hall–Kier alpha value is 0.170. The van der Waals surface area contributed by atoms with Crippen molar-refractivity contribution in [2.24, 2.45) is 10.7 Å². The van der Waals surface area contributed by atoms with Crippen LogP contribution in [0.2, 0.25) is 4.34 Å². The number of sulfonamides is 1. The first kappa shape index (κ1) is 14.2. The van der Waals surface area contributed by atoms with E-state index in [1.807, 2.05) is 0 Å². The van der Waals surface area contributed by atoms with E-state index in [9.17, 15) is 8.42 Å². The first-order chi connectivity index (χ1) is 7.29. The highest BCUT2D eigenvalue weighted by Gasteiger charge is 2.25. The summed E-state index contributed by atoms with van der Waals surface area (Å²) >= 11 is 13.0. The molecule has 0 atom stereocenters. The van der Waals surface area contributed by atoms with Gasteiger partial charge in [-0.1, -0.05) is 11.6 Å². The molecule has 0 aliphatic carbocycles. The van der Waals surface area contributed by atoms with Gasteiger partial charge in [0.05, 0.1) is 8.95 Å². The molecule has 0 bridgehead atoms. The number of hydrogen-bond donors (Lipinski definition) is 2. The van der Waals surface area contributed by atoms with E-state index in [0.29, 0.717) is 13.3 Å². The zero-order chi connectivity index (χ0) is 12.5. The van der Waals surface area contributed by atoms with Crippen molar-refractivity contribution in [1.29, 1.82) is 0 Å². The van der Waals surface area contributed by atoms with Crippen molar-refractivity contribution in [2.75, 3.05) is 7.05 Å². The molecule has 16 heavy (non-hydrogen) atoms. The second-order valence-electron chi connectivity index (χ2n) is 2.51. The standard InChI is InChI=1S/C6H6Br2ClN3O2S2/c1-11-6(10)12-16(13,14)5-3(8)2(7)4(9)15-5/h1H3,(H3,10,11,12). The summed E-state index contributed by atoms with van der Waals surface area (Å²) in [7, 11) is -2.37. The van der Waals surface area contributed by atoms with Crippen LogP contribution < -0.4 is 10.5 Å². The van der Waals surface area contributed by atoms with Crippen LogP contribution in [0.3, 0.4) is 0 Å². The molecule has 5 nitrogen and oxygen atoms in total. The number of nitrogens with one attached hydrogen (secondary N) is 1. The average Bonchev–Trinajstić information content (AvgIpc) is 2.45. The van der Waals surface area contributed by atoms with Gasteiger partial charge in [-0.25, -0.2) is 13.1 Å². The summed E-state index contributed by atoms with van der Waals surface area (Å²) < 4.78 is 27.0. The minimum Gasteiger partial charge on any atom is -0.369 e. The molecule has 0 radical (unpaired) electrons. The van der Waals surface area contributed by atoms with E-state index in [-0.39, 0.29) is 10.2 Å². The summed E-state index contributed by atoms with van der Waals surface area (Å²) in [6.07, 6.45) is 0. The third-order valence-corrected chi connectivity index (χ3v) is 7.86. The van der Waals surface area contributed by atoms with Crippen molar-refractivity contribution in [3.63, 3.8) is 0 Å². The first-order valence-corrected chi connectivity index (χ1v) is 7.94. The van der Waals surface area contributed by atoms with Crippen LogP contribution in [-0.2, 0) is 10.0 Å². The number of halogens is 3. The van der Waals surface area contributed by atoms with Crippen molar-refractivity contribution in [1.82, 2.24) is 4.72 Å². The Balaban J connectivity index is 3.23. The smallest absolute Gasteiger partial charge is 0.274 e. The SMILES string of the molecule is CN=C(N)NS(=O)(=O)c1sc(Cl)c(Br)c1Br. The molecule has 0 unspecified atom stereocenters. The Morgan fingerprint density at radius 1 is 1.50 bits per heavy atom. The predicted molar refractivity (Wildman–Crippen MR) is 72.6 cm³/mol. The maximum absolute atomic E-state index is 11.8. The minimum absolute atomic E-state index is 0.0379. The molecule has 90 valence electrons. The Morgan fingerprint density at radius 3 is 2.44 bits per heavy atom. The predicted octanol–water partition coefficient (Wildman–Crippen LogP) is 2.15. The molecule has 0 spiro atoms. The summed E-state index contributed by atoms with van der Waals surface area (Å²) in [4.78, 5) is 3.51. The molecule has 0 aliphatic rings. The normalized spacial score (nSPS) is 12.9. The van der Waals surface area contributed by atoms with Crippen molar-refractivity contribution < 1.29 is 8.42 Å². The summed E-state index contributed by atoms with van der Waals surface area (Å²) in [5.41, 5.74) is 5.30. The van der Waals surface area contributed by atoms with Gasteiger partial charge in [0.15, 0.2) is 4.21 Å². The Kier molecular flexibility index (Phi) is 4.64. The molecule has 3 N–H and O–H groups in total. The van der Waals surface area contributed by atoms with Crippen molar-refractivity contribution in [3.05, 3.63) is 13.3 Å². The van der Waals surface area contributed by atoms with Crippen LogP contribution in [0.25, 0.3) is 0 Å². The summed E-state index contributed by atoms with van der Waals surface area (Å²) in [6, 6.07) is 0. The molecule has 1 aromatic rings. The number of nitrogens with zero attached hydrogens (tertiary/aromatic N) is 1. The average molecular weight is 412 g/mol. The third-order valence-electron chi connectivity index (χ3n) is 1.45. The van der Waals surface area contributed by atoms with Gasteiger partial charge in [-0.2, -0.15) is 0 Å². The second kappa shape index (κ2) is 5.21. The van der Waals surface area contributed by atoms with Gasteiger partial charge >= 0.3 is 0 Å². The highest BCUT2D eigenvalue weighted by molar-refractivity contribution is 9.13. The zero-order valence-corrected chi connectivity index (χ0v) is 13.4. The van der Waals surface area contributed by atoms with E-state index >= 15 is 0 Å². The molecule has 0 fully saturated rings. The van der Waals surface area contributed by atoms with Gasteiger partial charge in [0.25, 0.3) is 10.0 Å². The largest absolute Gasteiger partial charge is 0.369 e. The number of rotatable bonds is 2. The fourth-order valence-electron chi connectivity index (χ4n) is 0.749. The lowest BCUT2D eigenvalue weighted by Gasteiger charge is -2.04. The van der Waals surface area contributed by atoms with Gasteiger partial charge in [-0.3, -0.25) is 4.99 Å². The van der Waals surface area contributed by atoms with Gasteiger partial charge in [0.2, 0.25) is 5.96 Å². The molecule has 0 saturated heterocycles. The number of hydrogen-bond acceptors (Lipinski definition) is 4. The van der Waals surface area contributed by atoms with Gasteiger partial charge in [0.1, 0.15) is 4.34 Å². The van der Waals surface area contributed by atoms with E-state index in [4.69, 9.17) is 17.3 Å². The fraction of sp³-hybridized carbons (Fsp3) is 0.167. The molecule has 0 aliphatic heterocycles. The van der Waals surface area contributed by atoms with Crippen LogP contribution in [-0.4, -0.2) is 21.4 Å². The molecule has 1 heterocycles. The van der Waals surface area contributed by atoms with Gasteiger partial charge in [-0.05, 0) is 31.9 Å². The quantitative estimate of drug-likeness (QED) is 0.578. The summed E-state index contributed by atoms with van der Waals surface area (Å²) in [5, 5.41) is 0. The topological polar surface area (TPSA) is 84.5 Å². The second-order valence-corrected chi connectivity index (χ2v) is 7.59. The summed E-state index contributed by atoms with van der Waals surface area (Å²) in [5.74, 6) is -0.187. The summed E-state index contributed by atoms with van der Waals surface area (Å²) in [6.45, 7) is 0. The molecule has 1 aromatic heterocycles. The van der Waals surface area contributed by atoms with Crippen LogP contribution in [0.5, 0.6) is 0 Å². The first-order valence-electron chi connectivity index (χ1n) is 3.68. The highest BCUT2D eigenvalue weighted by Crippen LogP contribution is 2.42. The lowest BCUT2D eigenvalue weighted by Crippen LogP contribution is -2.36. The third kappa shape index (κ3) is 2.89. The molecular formula is C6H6Br2ClN3O2S2. The van der Waals surface area contributed by atoms with Crippen LogP contribution in [0.1, 0.15) is 0 Å². The molecule has 0 aromatic carbocycles. The number of nitrogens with two attached hydrogens (primary N) is 1. The van der Waals surface area contributed by atoms with E-state index in [1.165, 1.54) is 7.05 Å². The van der Waals surface area contributed by atoms with Crippen molar-refractivity contribution in [2.45, 2.75) is 4.21 Å². The van der Waals surface area contributed by atoms with E-state index in [2.05, 4.69) is 41.6 Å². The van der Waals surface area contributed by atoms with Crippen LogP contribution in [0.15, 0.2) is 18.1 Å². The monoisotopic (exact) mass is 409 g/mol. The van der Waals surface area contributed by atoms with Crippen LogP contribution in [0, 0.1) is 0 Å². The number of guanidine groups is 1. The van der Waals surface area contributed by atoms with Crippen LogP contribution in [0.4, 0.5) is 0 Å². The molecule has 1 rings (SSSR count). The minimum atomic E-state index is -3.75. The van der Waals surface area contributed by atoms with E-state index in [0.717, 1.165) is 11.3 Å². The highest BCUT2D eigenvalue weighted by atomic mass is 79.9. The molecule has 10 heteroatoms. The molecule has 0 amide bonds. The fourth-order valence-corrected chi connectivity index (χ4v) is 5.40. The Morgan fingerprint density at radius 2 is 2.06 bits per heavy atom. The maximum atomic E-state index is 11.8. The van der Waals surface area contributed by atoms with Crippen molar-refractivity contribution >= 4 is 70.8 Å².